The lowest BCUT2D eigenvalue weighted by molar-refractivity contribution is 0.0678. The number of hydrogen-bond acceptors (Lipinski definition) is 5. The molecule has 0 saturated carbocycles. The van der Waals surface area contributed by atoms with Crippen molar-refractivity contribution in [1.29, 1.82) is 0 Å². The normalized spacial score (nSPS) is 22.1. The Morgan fingerprint density at radius 1 is 1.16 bits per heavy atom. The van der Waals surface area contributed by atoms with Gasteiger partial charge >= 0.3 is 0 Å². The third kappa shape index (κ3) is 3.22. The summed E-state index contributed by atoms with van der Waals surface area (Å²) in [6.45, 7) is 2.08. The monoisotopic (exact) mass is 437 g/mol. The van der Waals surface area contributed by atoms with Gasteiger partial charge < -0.3 is 10.0 Å². The quantitative estimate of drug-likeness (QED) is 0.653. The van der Waals surface area contributed by atoms with Gasteiger partial charge in [-0.2, -0.15) is 5.10 Å². The van der Waals surface area contributed by atoms with Crippen molar-refractivity contribution in [2.24, 2.45) is 0 Å². The van der Waals surface area contributed by atoms with E-state index in [-0.39, 0.29) is 23.2 Å². The number of benzene rings is 2. The van der Waals surface area contributed by atoms with Crippen LogP contribution in [0.3, 0.4) is 0 Å². The van der Waals surface area contributed by atoms with Gasteiger partial charge in [0.2, 0.25) is 0 Å². The Balaban J connectivity index is 1.68. The Morgan fingerprint density at radius 3 is 2.55 bits per heavy atom. The van der Waals surface area contributed by atoms with Crippen molar-refractivity contribution in [3.63, 3.8) is 0 Å². The van der Waals surface area contributed by atoms with Gasteiger partial charge in [-0.15, -0.1) is 0 Å². The minimum atomic E-state index is -3.17. The first kappa shape index (κ1) is 19.8. The number of phenols is 1. The maximum absolute atomic E-state index is 13.4. The Hall–Kier alpha value is -3.13. The summed E-state index contributed by atoms with van der Waals surface area (Å²) in [7, 11) is -3.17. The van der Waals surface area contributed by atoms with Crippen molar-refractivity contribution >= 4 is 15.7 Å². The smallest absolute Gasteiger partial charge is 0.273 e. The topological polar surface area (TPSA) is 103 Å². The van der Waals surface area contributed by atoms with Gasteiger partial charge in [-0.1, -0.05) is 43.3 Å². The number of nitrogens with one attached hydrogen (secondary N) is 1. The number of hydrogen-bond donors (Lipinski definition) is 2. The molecule has 3 aromatic rings. The number of aryl methyl sites for hydroxylation is 1. The van der Waals surface area contributed by atoms with Gasteiger partial charge in [0.05, 0.1) is 17.5 Å². The highest BCUT2D eigenvalue weighted by Gasteiger charge is 2.48. The minimum Gasteiger partial charge on any atom is -0.507 e. The molecule has 2 aromatic carbocycles. The van der Waals surface area contributed by atoms with Crippen LogP contribution in [0.4, 0.5) is 0 Å². The number of nitrogens with zero attached hydrogens (tertiary/aromatic N) is 2. The standard InChI is InChI=1S/C23H23N3O4S/c1-2-14-7-9-15(10-8-14)22-19-20(17-5-3-4-6-18(17)27)24-25-21(19)23(28)26(22)16-11-12-31(29,30)13-16/h3-10,16,22,27H,2,11-13H2,1H3,(H,24,25). The van der Waals surface area contributed by atoms with E-state index in [0.717, 1.165) is 12.0 Å². The number of rotatable bonds is 4. The molecule has 5 rings (SSSR count). The first-order valence-electron chi connectivity index (χ1n) is 10.4. The van der Waals surface area contributed by atoms with Gasteiger partial charge in [-0.3, -0.25) is 9.89 Å². The average molecular weight is 438 g/mol. The van der Waals surface area contributed by atoms with Crippen LogP contribution in [0.5, 0.6) is 5.75 Å². The molecule has 2 N–H and O–H groups in total. The first-order valence-corrected chi connectivity index (χ1v) is 12.2. The average Bonchev–Trinajstić information content (AvgIpc) is 3.42. The van der Waals surface area contributed by atoms with E-state index in [4.69, 9.17) is 0 Å². The van der Waals surface area contributed by atoms with Gasteiger partial charge in [0.15, 0.2) is 9.84 Å². The van der Waals surface area contributed by atoms with Crippen molar-refractivity contribution in [2.75, 3.05) is 11.5 Å². The predicted octanol–water partition coefficient (Wildman–Crippen LogP) is 3.08. The summed E-state index contributed by atoms with van der Waals surface area (Å²) >= 11 is 0. The number of carbonyl (C=O) groups is 1. The molecule has 0 bridgehead atoms. The van der Waals surface area contributed by atoms with Crippen LogP contribution >= 0.6 is 0 Å². The number of aromatic nitrogens is 2. The van der Waals surface area contributed by atoms with Crippen LogP contribution in [0.1, 0.15) is 46.6 Å². The lowest BCUT2D eigenvalue weighted by Crippen LogP contribution is -2.40. The van der Waals surface area contributed by atoms with Crippen LogP contribution in [0.25, 0.3) is 11.3 Å². The second-order valence-corrected chi connectivity index (χ2v) is 10.4. The summed E-state index contributed by atoms with van der Waals surface area (Å²) in [5.41, 5.74) is 4.15. The maximum atomic E-state index is 13.4. The van der Waals surface area contributed by atoms with Crippen molar-refractivity contribution in [2.45, 2.75) is 31.8 Å². The fourth-order valence-corrected chi connectivity index (χ4v) is 6.39. The molecular weight excluding hydrogens is 414 g/mol. The highest BCUT2D eigenvalue weighted by molar-refractivity contribution is 7.91. The number of H-pyrrole nitrogens is 1. The molecule has 2 unspecified atom stereocenters. The Kier molecular flexibility index (Phi) is 4.62. The molecule has 3 heterocycles. The van der Waals surface area contributed by atoms with E-state index in [1.807, 2.05) is 24.3 Å². The summed E-state index contributed by atoms with van der Waals surface area (Å²) in [5, 5.41) is 17.6. The minimum absolute atomic E-state index is 0.0358. The fraction of sp³-hybridized carbons (Fsp3) is 0.304. The molecule has 1 fully saturated rings. The summed E-state index contributed by atoms with van der Waals surface area (Å²) in [4.78, 5) is 15.1. The molecule has 7 nitrogen and oxygen atoms in total. The summed E-state index contributed by atoms with van der Waals surface area (Å²) < 4.78 is 24.4. The van der Waals surface area contributed by atoms with E-state index in [9.17, 15) is 18.3 Å². The lowest BCUT2D eigenvalue weighted by Gasteiger charge is -2.31. The number of sulfone groups is 1. The van der Waals surface area contributed by atoms with Crippen LogP contribution in [-0.4, -0.2) is 52.1 Å². The molecule has 0 radical (unpaired) electrons. The van der Waals surface area contributed by atoms with Crippen LogP contribution in [0.15, 0.2) is 48.5 Å². The SMILES string of the molecule is CCc1ccc(C2c3c(-c4ccccc4O)n[nH]c3C(=O)N2C2CCS(=O)(=O)C2)cc1. The zero-order chi connectivity index (χ0) is 21.8. The molecule has 8 heteroatoms. The second kappa shape index (κ2) is 7.23. The summed E-state index contributed by atoms with van der Waals surface area (Å²) in [6.07, 6.45) is 1.32. The molecule has 160 valence electrons. The van der Waals surface area contributed by atoms with Gasteiger partial charge in [0.25, 0.3) is 5.91 Å². The number of fused-ring (bicyclic) bond motifs is 1. The zero-order valence-corrected chi connectivity index (χ0v) is 17.9. The third-order valence-electron chi connectivity index (χ3n) is 6.27. The molecule has 31 heavy (non-hydrogen) atoms. The number of carbonyl (C=O) groups excluding carboxylic acids is 1. The van der Waals surface area contributed by atoms with E-state index in [2.05, 4.69) is 17.1 Å². The van der Waals surface area contributed by atoms with Gasteiger partial charge in [0, 0.05) is 17.2 Å². The Morgan fingerprint density at radius 2 is 1.90 bits per heavy atom. The first-order chi connectivity index (χ1) is 14.9. The number of amides is 1. The molecule has 2 aliphatic rings. The molecule has 2 aliphatic heterocycles. The number of aromatic hydroxyl groups is 1. The Bertz CT molecular complexity index is 1260. The predicted molar refractivity (Wildman–Crippen MR) is 117 cm³/mol. The Labute approximate surface area is 180 Å². The van der Waals surface area contributed by atoms with Crippen molar-refractivity contribution in [3.05, 3.63) is 70.9 Å². The highest BCUT2D eigenvalue weighted by atomic mass is 32.2. The lowest BCUT2D eigenvalue weighted by atomic mass is 9.94. The van der Waals surface area contributed by atoms with Gasteiger partial charge in [0.1, 0.15) is 17.1 Å². The van der Waals surface area contributed by atoms with E-state index in [1.165, 1.54) is 5.56 Å². The largest absolute Gasteiger partial charge is 0.507 e. The number of phenolic OH excluding ortho intramolecular Hbond substituents is 1. The van der Waals surface area contributed by atoms with Crippen LogP contribution in [0, 0.1) is 0 Å². The second-order valence-electron chi connectivity index (χ2n) is 8.14. The van der Waals surface area contributed by atoms with Crippen LogP contribution in [0.2, 0.25) is 0 Å². The van der Waals surface area contributed by atoms with E-state index in [0.29, 0.717) is 28.9 Å². The molecular formula is C23H23N3O4S. The summed E-state index contributed by atoms with van der Waals surface area (Å²) in [6, 6.07) is 14.0. The number of aromatic amines is 1. The van der Waals surface area contributed by atoms with Crippen molar-refractivity contribution < 1.29 is 18.3 Å². The molecule has 1 saturated heterocycles. The van der Waals surface area contributed by atoms with Gasteiger partial charge in [-0.05, 0) is 36.1 Å². The maximum Gasteiger partial charge on any atom is 0.273 e. The zero-order valence-electron chi connectivity index (χ0n) is 17.1. The van der Waals surface area contributed by atoms with Crippen molar-refractivity contribution in [1.82, 2.24) is 15.1 Å². The van der Waals surface area contributed by atoms with E-state index < -0.39 is 21.9 Å². The molecule has 0 aliphatic carbocycles. The van der Waals surface area contributed by atoms with E-state index in [1.54, 1.807) is 29.2 Å². The molecule has 1 aromatic heterocycles. The van der Waals surface area contributed by atoms with Crippen molar-refractivity contribution in [3.8, 4) is 17.0 Å². The van der Waals surface area contributed by atoms with E-state index >= 15 is 0 Å². The molecule has 2 atom stereocenters. The highest BCUT2D eigenvalue weighted by Crippen LogP contribution is 2.46. The van der Waals surface area contributed by atoms with Gasteiger partial charge in [-0.25, -0.2) is 8.42 Å². The molecule has 1 amide bonds. The van der Waals surface area contributed by atoms with Crippen LogP contribution in [-0.2, 0) is 16.3 Å². The summed E-state index contributed by atoms with van der Waals surface area (Å²) in [5.74, 6) is -0.130. The third-order valence-corrected chi connectivity index (χ3v) is 8.02. The molecule has 0 spiro atoms. The number of para-hydroxylation sites is 1. The fourth-order valence-electron chi connectivity index (χ4n) is 4.68. The van der Waals surface area contributed by atoms with Crippen LogP contribution < -0.4 is 0 Å².